The van der Waals surface area contributed by atoms with Crippen molar-refractivity contribution in [2.24, 2.45) is 0 Å². The van der Waals surface area contributed by atoms with Crippen LogP contribution in [0.3, 0.4) is 0 Å². The minimum atomic E-state index is 0.780. The fourth-order valence-corrected chi connectivity index (χ4v) is 1.96. The highest BCUT2D eigenvalue weighted by Crippen LogP contribution is 2.21. The molecule has 0 aliphatic carbocycles. The van der Waals surface area contributed by atoms with Gasteiger partial charge in [0.25, 0.3) is 0 Å². The number of aryl methyl sites for hydroxylation is 1. The van der Waals surface area contributed by atoms with Crippen molar-refractivity contribution in [2.45, 2.75) is 20.3 Å². The molecule has 0 unspecified atom stereocenters. The highest BCUT2D eigenvalue weighted by molar-refractivity contribution is 5.60. The van der Waals surface area contributed by atoms with Crippen molar-refractivity contribution in [3.05, 3.63) is 29.3 Å². The summed E-state index contributed by atoms with van der Waals surface area (Å²) < 4.78 is 0. The smallest absolute Gasteiger partial charge is 0.101 e. The number of likely N-dealkylation sites (N-methyl/N-ethyl adjacent to an activating group) is 1. The molecule has 0 saturated heterocycles. The van der Waals surface area contributed by atoms with Gasteiger partial charge in [-0.1, -0.05) is 13.0 Å². The average molecular weight is 245 g/mol. The molecule has 0 aliphatic heterocycles. The van der Waals surface area contributed by atoms with Gasteiger partial charge in [0.2, 0.25) is 0 Å². The Morgan fingerprint density at radius 2 is 1.89 bits per heavy atom. The molecule has 1 aromatic carbocycles. The van der Waals surface area contributed by atoms with Crippen molar-refractivity contribution in [1.29, 1.82) is 5.26 Å². The van der Waals surface area contributed by atoms with E-state index in [0.29, 0.717) is 0 Å². The standard InChI is InChI=1S/C15H23N3/c1-5-8-18(10-9-17(3)4)15-7-6-13(2)11-14(15)12-16/h6-7,11H,5,8-10H2,1-4H3. The maximum absolute atomic E-state index is 9.25. The van der Waals surface area contributed by atoms with Crippen molar-refractivity contribution in [3.63, 3.8) is 0 Å². The Labute approximate surface area is 111 Å². The second-order valence-corrected chi connectivity index (χ2v) is 4.92. The van der Waals surface area contributed by atoms with Crippen LogP contribution in [0.2, 0.25) is 0 Å². The summed E-state index contributed by atoms with van der Waals surface area (Å²) in [7, 11) is 4.15. The summed E-state index contributed by atoms with van der Waals surface area (Å²) in [6, 6.07) is 8.42. The third kappa shape index (κ3) is 4.05. The van der Waals surface area contributed by atoms with E-state index < -0.39 is 0 Å². The summed E-state index contributed by atoms with van der Waals surface area (Å²) in [6.45, 7) is 7.14. The Bertz CT molecular complexity index is 418. The van der Waals surface area contributed by atoms with Crippen LogP contribution in [0.1, 0.15) is 24.5 Å². The zero-order chi connectivity index (χ0) is 13.5. The van der Waals surface area contributed by atoms with E-state index in [-0.39, 0.29) is 0 Å². The number of hydrogen-bond acceptors (Lipinski definition) is 3. The van der Waals surface area contributed by atoms with Gasteiger partial charge in [0.1, 0.15) is 6.07 Å². The molecule has 1 rings (SSSR count). The summed E-state index contributed by atoms with van der Waals surface area (Å²) in [6.07, 6.45) is 1.09. The molecule has 0 aromatic heterocycles. The van der Waals surface area contributed by atoms with Crippen molar-refractivity contribution in [2.75, 3.05) is 38.6 Å². The predicted octanol–water partition coefficient (Wildman–Crippen LogP) is 2.64. The SMILES string of the molecule is CCCN(CCN(C)C)c1ccc(C)cc1C#N. The van der Waals surface area contributed by atoms with Gasteiger partial charge in [0.15, 0.2) is 0 Å². The summed E-state index contributed by atoms with van der Waals surface area (Å²) in [5.74, 6) is 0. The first-order valence-corrected chi connectivity index (χ1v) is 6.49. The van der Waals surface area contributed by atoms with E-state index in [1.54, 1.807) is 0 Å². The van der Waals surface area contributed by atoms with Crippen LogP contribution in [-0.4, -0.2) is 38.6 Å². The Morgan fingerprint density at radius 3 is 2.44 bits per heavy atom. The third-order valence-corrected chi connectivity index (χ3v) is 2.92. The first-order chi connectivity index (χ1) is 8.58. The van der Waals surface area contributed by atoms with E-state index in [4.69, 9.17) is 0 Å². The van der Waals surface area contributed by atoms with E-state index in [9.17, 15) is 5.26 Å². The number of nitrogens with zero attached hydrogens (tertiary/aromatic N) is 3. The molecule has 3 nitrogen and oxygen atoms in total. The summed E-state index contributed by atoms with van der Waals surface area (Å²) in [5, 5.41) is 9.25. The van der Waals surface area contributed by atoms with Gasteiger partial charge in [-0.05, 0) is 45.1 Å². The lowest BCUT2D eigenvalue weighted by Gasteiger charge is -2.27. The number of anilines is 1. The Kier molecular flexibility index (Phi) is 5.67. The first-order valence-electron chi connectivity index (χ1n) is 6.49. The fraction of sp³-hybridized carbons (Fsp3) is 0.533. The van der Waals surface area contributed by atoms with Crippen molar-refractivity contribution >= 4 is 5.69 Å². The van der Waals surface area contributed by atoms with Gasteiger partial charge in [0.05, 0.1) is 11.3 Å². The minimum absolute atomic E-state index is 0.780. The molecule has 1 aromatic rings. The maximum atomic E-state index is 9.25. The van der Waals surface area contributed by atoms with Crippen molar-refractivity contribution < 1.29 is 0 Å². The van der Waals surface area contributed by atoms with Crippen molar-refractivity contribution in [3.8, 4) is 6.07 Å². The molecular formula is C15H23N3. The highest BCUT2D eigenvalue weighted by Gasteiger charge is 2.10. The summed E-state index contributed by atoms with van der Waals surface area (Å²) in [5.41, 5.74) is 2.98. The zero-order valence-electron chi connectivity index (χ0n) is 11.9. The number of nitriles is 1. The lowest BCUT2D eigenvalue weighted by molar-refractivity contribution is 0.413. The maximum Gasteiger partial charge on any atom is 0.101 e. The van der Waals surface area contributed by atoms with Crippen LogP contribution in [0.25, 0.3) is 0 Å². The monoisotopic (exact) mass is 245 g/mol. The van der Waals surface area contributed by atoms with Crippen LogP contribution in [0.4, 0.5) is 5.69 Å². The molecule has 0 aliphatic rings. The number of rotatable bonds is 6. The molecule has 0 amide bonds. The second-order valence-electron chi connectivity index (χ2n) is 4.92. The van der Waals surface area contributed by atoms with E-state index in [0.717, 1.165) is 42.9 Å². The van der Waals surface area contributed by atoms with Crippen LogP contribution in [0.15, 0.2) is 18.2 Å². The van der Waals surface area contributed by atoms with Gasteiger partial charge in [-0.3, -0.25) is 0 Å². The summed E-state index contributed by atoms with van der Waals surface area (Å²) in [4.78, 5) is 4.47. The Morgan fingerprint density at radius 1 is 1.17 bits per heavy atom. The van der Waals surface area contributed by atoms with Crippen LogP contribution < -0.4 is 4.90 Å². The van der Waals surface area contributed by atoms with Crippen molar-refractivity contribution in [1.82, 2.24) is 4.90 Å². The molecule has 0 heterocycles. The normalized spacial score (nSPS) is 10.4. The largest absolute Gasteiger partial charge is 0.369 e. The van der Waals surface area contributed by atoms with Crippen LogP contribution in [0.5, 0.6) is 0 Å². The topological polar surface area (TPSA) is 30.3 Å². The van der Waals surface area contributed by atoms with E-state index in [2.05, 4.69) is 49.0 Å². The average Bonchev–Trinajstić information content (AvgIpc) is 2.34. The molecule has 98 valence electrons. The Hall–Kier alpha value is -1.53. The van der Waals surface area contributed by atoms with Gasteiger partial charge < -0.3 is 9.80 Å². The van der Waals surface area contributed by atoms with Gasteiger partial charge in [-0.2, -0.15) is 5.26 Å². The quantitative estimate of drug-likeness (QED) is 0.772. The van der Waals surface area contributed by atoms with Gasteiger partial charge in [-0.25, -0.2) is 0 Å². The molecule has 0 bridgehead atoms. The van der Waals surface area contributed by atoms with E-state index in [1.807, 2.05) is 13.0 Å². The van der Waals surface area contributed by atoms with Gasteiger partial charge in [-0.15, -0.1) is 0 Å². The van der Waals surface area contributed by atoms with E-state index >= 15 is 0 Å². The molecule has 18 heavy (non-hydrogen) atoms. The van der Waals surface area contributed by atoms with Crippen LogP contribution in [0, 0.1) is 18.3 Å². The number of benzene rings is 1. The third-order valence-electron chi connectivity index (χ3n) is 2.92. The molecular weight excluding hydrogens is 222 g/mol. The molecule has 0 radical (unpaired) electrons. The first kappa shape index (κ1) is 14.5. The minimum Gasteiger partial charge on any atom is -0.369 e. The lowest BCUT2D eigenvalue weighted by atomic mass is 10.1. The fourth-order valence-electron chi connectivity index (χ4n) is 1.96. The van der Waals surface area contributed by atoms with Gasteiger partial charge >= 0.3 is 0 Å². The van der Waals surface area contributed by atoms with Gasteiger partial charge in [0, 0.05) is 19.6 Å². The lowest BCUT2D eigenvalue weighted by Crippen LogP contribution is -2.32. The molecule has 0 spiro atoms. The Balaban J connectivity index is 2.94. The van der Waals surface area contributed by atoms with E-state index in [1.165, 1.54) is 0 Å². The predicted molar refractivity (Wildman–Crippen MR) is 77.0 cm³/mol. The highest BCUT2D eigenvalue weighted by atomic mass is 15.2. The zero-order valence-corrected chi connectivity index (χ0v) is 11.9. The molecule has 3 heteroatoms. The molecule has 0 fully saturated rings. The van der Waals surface area contributed by atoms with Crippen LogP contribution in [-0.2, 0) is 0 Å². The number of hydrogen-bond donors (Lipinski definition) is 0. The summed E-state index contributed by atoms with van der Waals surface area (Å²) >= 11 is 0. The second kappa shape index (κ2) is 7.03. The molecule has 0 saturated carbocycles. The molecule has 0 N–H and O–H groups in total. The molecule has 0 atom stereocenters. The van der Waals surface area contributed by atoms with Crippen LogP contribution >= 0.6 is 0 Å².